The van der Waals surface area contributed by atoms with Crippen molar-refractivity contribution >= 4 is 42.4 Å². The van der Waals surface area contributed by atoms with Crippen LogP contribution in [-0.4, -0.2) is 30.7 Å². The number of thiazole rings is 1. The molecule has 0 aliphatic carbocycles. The highest BCUT2D eigenvalue weighted by Gasteiger charge is 2.15. The van der Waals surface area contributed by atoms with Gasteiger partial charge in [0.2, 0.25) is 5.76 Å². The zero-order chi connectivity index (χ0) is 15.9. The Balaban J connectivity index is 1.90. The second kappa shape index (κ2) is 5.18. The van der Waals surface area contributed by atoms with Gasteiger partial charge in [-0.1, -0.05) is 16.5 Å². The third-order valence-corrected chi connectivity index (χ3v) is 4.90. The lowest BCUT2D eigenvalue weighted by atomic mass is 10.3. The number of fused-ring (bicyclic) bond motifs is 1. The van der Waals surface area contributed by atoms with E-state index < -0.39 is 15.7 Å². The zero-order valence-corrected chi connectivity index (χ0v) is 13.3. The van der Waals surface area contributed by atoms with E-state index in [0.717, 1.165) is 6.26 Å². The molecule has 2 heterocycles. The summed E-state index contributed by atoms with van der Waals surface area (Å²) in [6, 6.07) is 6.15. The molecule has 0 saturated heterocycles. The minimum Gasteiger partial charge on any atom is -0.351 e. The maximum atomic E-state index is 12.0. The Morgan fingerprint density at radius 1 is 1.32 bits per heavy atom. The Morgan fingerprint density at radius 2 is 2.09 bits per heavy atom. The first-order valence-electron chi connectivity index (χ1n) is 6.18. The molecular weight excluding hydrogens is 326 g/mol. The van der Waals surface area contributed by atoms with Gasteiger partial charge in [-0.2, -0.15) is 0 Å². The zero-order valence-electron chi connectivity index (χ0n) is 11.7. The highest BCUT2D eigenvalue weighted by atomic mass is 32.2. The van der Waals surface area contributed by atoms with Crippen LogP contribution in [0.15, 0.2) is 33.7 Å². The number of nitrogens with one attached hydrogen (secondary N) is 1. The number of nitrogens with zero attached hydrogens (tertiary/aromatic N) is 2. The Morgan fingerprint density at radius 3 is 2.73 bits per heavy atom. The van der Waals surface area contributed by atoms with Crippen molar-refractivity contribution in [2.75, 3.05) is 11.6 Å². The number of hydrogen-bond acceptors (Lipinski definition) is 7. The van der Waals surface area contributed by atoms with Crippen molar-refractivity contribution in [2.24, 2.45) is 0 Å². The van der Waals surface area contributed by atoms with Gasteiger partial charge in [-0.15, -0.1) is 0 Å². The van der Waals surface area contributed by atoms with Crippen molar-refractivity contribution in [3.8, 4) is 0 Å². The number of carbonyl (C=O) groups excluding carboxylic acids is 1. The van der Waals surface area contributed by atoms with Crippen molar-refractivity contribution in [2.45, 2.75) is 11.8 Å². The van der Waals surface area contributed by atoms with Crippen molar-refractivity contribution < 1.29 is 17.7 Å². The number of carbonyl (C=O) groups is 1. The average Bonchev–Trinajstić information content (AvgIpc) is 3.02. The smallest absolute Gasteiger partial charge is 0.296 e. The molecule has 0 saturated carbocycles. The third-order valence-electron chi connectivity index (χ3n) is 2.86. The van der Waals surface area contributed by atoms with Crippen molar-refractivity contribution in [3.05, 3.63) is 35.7 Å². The van der Waals surface area contributed by atoms with Crippen LogP contribution in [-0.2, 0) is 9.84 Å². The molecule has 1 N–H and O–H groups in total. The first-order chi connectivity index (χ1) is 10.3. The number of benzene rings is 1. The average molecular weight is 337 g/mol. The van der Waals surface area contributed by atoms with Crippen LogP contribution in [0.2, 0.25) is 0 Å². The van der Waals surface area contributed by atoms with Gasteiger partial charge in [0.1, 0.15) is 0 Å². The maximum Gasteiger partial charge on any atom is 0.296 e. The van der Waals surface area contributed by atoms with Crippen LogP contribution < -0.4 is 5.32 Å². The normalized spacial score (nSPS) is 11.7. The maximum absolute atomic E-state index is 12.0. The highest BCUT2D eigenvalue weighted by Crippen LogP contribution is 2.28. The molecule has 0 radical (unpaired) electrons. The van der Waals surface area contributed by atoms with Gasteiger partial charge in [0.25, 0.3) is 5.91 Å². The molecule has 3 rings (SSSR count). The minimum atomic E-state index is -3.28. The highest BCUT2D eigenvalue weighted by molar-refractivity contribution is 7.90. The minimum absolute atomic E-state index is 0.0913. The molecule has 0 bridgehead atoms. The van der Waals surface area contributed by atoms with Gasteiger partial charge < -0.3 is 4.52 Å². The fourth-order valence-electron chi connectivity index (χ4n) is 1.82. The third kappa shape index (κ3) is 2.85. The molecule has 1 aromatic carbocycles. The molecule has 7 nitrogen and oxygen atoms in total. The SMILES string of the molecule is Cc1cc(C(=O)Nc2nc3ccc(S(C)(=O)=O)cc3s2)on1. The molecule has 0 atom stereocenters. The topological polar surface area (TPSA) is 102 Å². The van der Waals surface area contributed by atoms with Crippen molar-refractivity contribution in [1.29, 1.82) is 0 Å². The first-order valence-corrected chi connectivity index (χ1v) is 8.89. The van der Waals surface area contributed by atoms with Crippen LogP contribution in [0.1, 0.15) is 16.2 Å². The number of sulfone groups is 1. The van der Waals surface area contributed by atoms with Crippen LogP contribution in [0.25, 0.3) is 10.2 Å². The van der Waals surface area contributed by atoms with Gasteiger partial charge in [-0.05, 0) is 25.1 Å². The van der Waals surface area contributed by atoms with E-state index in [0.29, 0.717) is 21.0 Å². The number of rotatable bonds is 3. The Bertz CT molecular complexity index is 972. The van der Waals surface area contributed by atoms with E-state index in [1.165, 1.54) is 29.5 Å². The van der Waals surface area contributed by atoms with Crippen molar-refractivity contribution in [3.63, 3.8) is 0 Å². The van der Waals surface area contributed by atoms with Crippen LogP contribution >= 0.6 is 11.3 Å². The summed E-state index contributed by atoms with van der Waals surface area (Å²) in [5, 5.41) is 6.61. The molecule has 0 aliphatic rings. The quantitative estimate of drug-likeness (QED) is 0.786. The van der Waals surface area contributed by atoms with Gasteiger partial charge >= 0.3 is 0 Å². The molecule has 9 heteroatoms. The fourth-order valence-corrected chi connectivity index (χ4v) is 3.44. The molecule has 3 aromatic rings. The van der Waals surface area contributed by atoms with Crippen molar-refractivity contribution in [1.82, 2.24) is 10.1 Å². The molecule has 2 aromatic heterocycles. The summed E-state index contributed by atoms with van der Waals surface area (Å²) in [7, 11) is -3.28. The van der Waals surface area contributed by atoms with Gasteiger partial charge in [-0.25, -0.2) is 13.4 Å². The largest absolute Gasteiger partial charge is 0.351 e. The molecule has 22 heavy (non-hydrogen) atoms. The lowest BCUT2D eigenvalue weighted by Crippen LogP contribution is -2.10. The fraction of sp³-hybridized carbons (Fsp3) is 0.154. The number of aryl methyl sites for hydroxylation is 1. The standard InChI is InChI=1S/C13H11N3O4S2/c1-7-5-10(20-16-7)12(17)15-13-14-9-4-3-8(22(2,18)19)6-11(9)21-13/h3-6H,1-2H3,(H,14,15,17). The molecule has 114 valence electrons. The Hall–Kier alpha value is -2.26. The van der Waals surface area contributed by atoms with E-state index in [1.54, 1.807) is 13.0 Å². The Kier molecular flexibility index (Phi) is 3.45. The molecule has 0 aliphatic heterocycles. The van der Waals surface area contributed by atoms with E-state index >= 15 is 0 Å². The van der Waals surface area contributed by atoms with E-state index in [9.17, 15) is 13.2 Å². The number of aromatic nitrogens is 2. The van der Waals surface area contributed by atoms with E-state index in [2.05, 4.69) is 15.5 Å². The predicted octanol–water partition coefficient (Wildman–Crippen LogP) is 2.25. The van der Waals surface area contributed by atoms with Crippen LogP contribution in [0.3, 0.4) is 0 Å². The van der Waals surface area contributed by atoms with Crippen LogP contribution in [0.4, 0.5) is 5.13 Å². The summed E-state index contributed by atoms with van der Waals surface area (Å²) in [6.07, 6.45) is 1.14. The van der Waals surface area contributed by atoms with E-state index in [4.69, 9.17) is 4.52 Å². The summed E-state index contributed by atoms with van der Waals surface area (Å²) in [5.41, 5.74) is 1.22. The second-order valence-electron chi connectivity index (χ2n) is 4.71. The van der Waals surface area contributed by atoms with Gasteiger partial charge in [-0.3, -0.25) is 10.1 Å². The van der Waals surface area contributed by atoms with Crippen LogP contribution in [0.5, 0.6) is 0 Å². The molecule has 0 spiro atoms. The summed E-state index contributed by atoms with van der Waals surface area (Å²) < 4.78 is 28.6. The second-order valence-corrected chi connectivity index (χ2v) is 7.75. The molecule has 1 amide bonds. The Labute approximate surface area is 129 Å². The number of amides is 1. The predicted molar refractivity (Wildman–Crippen MR) is 81.9 cm³/mol. The lowest BCUT2D eigenvalue weighted by molar-refractivity contribution is 0.0988. The first kappa shape index (κ1) is 14.7. The van der Waals surface area contributed by atoms with Gasteiger partial charge in [0, 0.05) is 12.3 Å². The van der Waals surface area contributed by atoms with E-state index in [1.807, 2.05) is 0 Å². The molecule has 0 fully saturated rings. The lowest BCUT2D eigenvalue weighted by Gasteiger charge is -1.96. The molecule has 0 unspecified atom stereocenters. The summed E-state index contributed by atoms with van der Waals surface area (Å²) in [6.45, 7) is 1.71. The van der Waals surface area contributed by atoms with Gasteiger partial charge in [0.15, 0.2) is 15.0 Å². The summed E-state index contributed by atoms with van der Waals surface area (Å²) in [4.78, 5) is 16.4. The van der Waals surface area contributed by atoms with Crippen LogP contribution in [0, 0.1) is 6.92 Å². The molecular formula is C13H11N3O4S2. The summed E-state index contributed by atoms with van der Waals surface area (Å²) in [5.74, 6) is -0.364. The monoisotopic (exact) mass is 337 g/mol. The van der Waals surface area contributed by atoms with Gasteiger partial charge in [0.05, 0.1) is 20.8 Å². The number of anilines is 1. The number of hydrogen-bond donors (Lipinski definition) is 1. The van der Waals surface area contributed by atoms with E-state index in [-0.39, 0.29) is 10.7 Å². The summed E-state index contributed by atoms with van der Waals surface area (Å²) >= 11 is 1.19.